The SMILES string of the molecule is Cc1cc(N(C)C2CCC2)ncc1Br. The number of hydrogen-bond donors (Lipinski definition) is 0. The summed E-state index contributed by atoms with van der Waals surface area (Å²) in [5.41, 5.74) is 1.25. The maximum absolute atomic E-state index is 4.42. The van der Waals surface area contributed by atoms with E-state index in [-0.39, 0.29) is 0 Å². The Labute approximate surface area is 93.5 Å². The molecule has 0 amide bonds. The molecule has 1 aliphatic rings. The van der Waals surface area contributed by atoms with E-state index in [4.69, 9.17) is 0 Å². The smallest absolute Gasteiger partial charge is 0.128 e. The third kappa shape index (κ3) is 1.78. The Balaban J connectivity index is 2.18. The van der Waals surface area contributed by atoms with E-state index >= 15 is 0 Å². The Morgan fingerprint density at radius 3 is 2.71 bits per heavy atom. The molecule has 1 saturated carbocycles. The first-order valence-electron chi connectivity index (χ1n) is 5.03. The second-order valence-corrected chi connectivity index (χ2v) is 4.84. The molecule has 0 atom stereocenters. The minimum absolute atomic E-state index is 0.711. The summed E-state index contributed by atoms with van der Waals surface area (Å²) in [6.45, 7) is 2.10. The van der Waals surface area contributed by atoms with Crippen LogP contribution in [0.3, 0.4) is 0 Å². The lowest BCUT2D eigenvalue weighted by Crippen LogP contribution is -2.37. The van der Waals surface area contributed by atoms with Gasteiger partial charge in [-0.15, -0.1) is 0 Å². The zero-order valence-corrected chi connectivity index (χ0v) is 10.2. The normalized spacial score (nSPS) is 16.5. The van der Waals surface area contributed by atoms with Crippen LogP contribution in [0.5, 0.6) is 0 Å². The van der Waals surface area contributed by atoms with Crippen molar-refractivity contribution in [3.63, 3.8) is 0 Å². The minimum atomic E-state index is 0.711. The zero-order chi connectivity index (χ0) is 10.1. The summed E-state index contributed by atoms with van der Waals surface area (Å²) in [5, 5.41) is 0. The van der Waals surface area contributed by atoms with Crippen molar-refractivity contribution in [3.8, 4) is 0 Å². The van der Waals surface area contributed by atoms with Crippen molar-refractivity contribution >= 4 is 21.7 Å². The molecule has 76 valence electrons. The van der Waals surface area contributed by atoms with Crippen molar-refractivity contribution in [2.75, 3.05) is 11.9 Å². The van der Waals surface area contributed by atoms with Gasteiger partial charge in [0.15, 0.2) is 0 Å². The lowest BCUT2D eigenvalue weighted by atomic mass is 9.92. The average molecular weight is 255 g/mol. The van der Waals surface area contributed by atoms with Crippen molar-refractivity contribution in [1.29, 1.82) is 0 Å². The molecule has 1 aliphatic carbocycles. The van der Waals surface area contributed by atoms with Gasteiger partial charge < -0.3 is 4.90 Å². The maximum atomic E-state index is 4.42. The van der Waals surface area contributed by atoms with Gasteiger partial charge in [0.25, 0.3) is 0 Å². The van der Waals surface area contributed by atoms with Gasteiger partial charge in [-0.1, -0.05) is 0 Å². The Bertz CT molecular complexity index is 334. The van der Waals surface area contributed by atoms with E-state index in [0.717, 1.165) is 10.3 Å². The molecular weight excluding hydrogens is 240 g/mol. The van der Waals surface area contributed by atoms with Gasteiger partial charge in [0.1, 0.15) is 5.82 Å². The maximum Gasteiger partial charge on any atom is 0.128 e. The third-order valence-electron chi connectivity index (χ3n) is 3.02. The largest absolute Gasteiger partial charge is 0.357 e. The Hall–Kier alpha value is -0.570. The average Bonchev–Trinajstić information content (AvgIpc) is 2.06. The Morgan fingerprint density at radius 2 is 2.21 bits per heavy atom. The van der Waals surface area contributed by atoms with Crippen LogP contribution in [0.15, 0.2) is 16.7 Å². The molecule has 1 aromatic heterocycles. The summed E-state index contributed by atoms with van der Waals surface area (Å²) in [5.74, 6) is 1.09. The molecule has 3 heteroatoms. The lowest BCUT2D eigenvalue weighted by molar-refractivity contribution is 0.399. The van der Waals surface area contributed by atoms with Crippen LogP contribution in [0.1, 0.15) is 24.8 Å². The summed E-state index contributed by atoms with van der Waals surface area (Å²) in [6, 6.07) is 2.85. The van der Waals surface area contributed by atoms with Crippen LogP contribution in [0, 0.1) is 6.92 Å². The minimum Gasteiger partial charge on any atom is -0.357 e. The molecule has 14 heavy (non-hydrogen) atoms. The third-order valence-corrected chi connectivity index (χ3v) is 3.85. The Morgan fingerprint density at radius 1 is 1.50 bits per heavy atom. The molecule has 2 nitrogen and oxygen atoms in total. The van der Waals surface area contributed by atoms with Crippen LogP contribution in [0.2, 0.25) is 0 Å². The lowest BCUT2D eigenvalue weighted by Gasteiger charge is -2.35. The molecule has 0 saturated heterocycles. The number of rotatable bonds is 2. The van der Waals surface area contributed by atoms with Crippen molar-refractivity contribution in [1.82, 2.24) is 4.98 Å². The molecule has 0 aromatic carbocycles. The van der Waals surface area contributed by atoms with Gasteiger partial charge >= 0.3 is 0 Å². The van der Waals surface area contributed by atoms with Gasteiger partial charge in [-0.25, -0.2) is 4.98 Å². The van der Waals surface area contributed by atoms with E-state index in [1.807, 2.05) is 6.20 Å². The van der Waals surface area contributed by atoms with E-state index in [1.54, 1.807) is 0 Å². The zero-order valence-electron chi connectivity index (χ0n) is 8.63. The monoisotopic (exact) mass is 254 g/mol. The van der Waals surface area contributed by atoms with Gasteiger partial charge in [0.2, 0.25) is 0 Å². The summed E-state index contributed by atoms with van der Waals surface area (Å²) in [4.78, 5) is 6.72. The van der Waals surface area contributed by atoms with Crippen LogP contribution in [0.4, 0.5) is 5.82 Å². The summed E-state index contributed by atoms with van der Waals surface area (Å²) in [6.07, 6.45) is 5.88. The van der Waals surface area contributed by atoms with E-state index in [0.29, 0.717) is 6.04 Å². The first-order chi connectivity index (χ1) is 6.68. The number of nitrogens with zero attached hydrogens (tertiary/aromatic N) is 2. The predicted molar refractivity (Wildman–Crippen MR) is 62.7 cm³/mol. The highest BCUT2D eigenvalue weighted by atomic mass is 79.9. The molecule has 0 bridgehead atoms. The number of aryl methyl sites for hydroxylation is 1. The van der Waals surface area contributed by atoms with E-state index in [9.17, 15) is 0 Å². The van der Waals surface area contributed by atoms with Crippen LogP contribution in [-0.4, -0.2) is 18.1 Å². The summed E-state index contributed by atoms with van der Waals surface area (Å²) >= 11 is 3.47. The van der Waals surface area contributed by atoms with Crippen LogP contribution >= 0.6 is 15.9 Å². The second-order valence-electron chi connectivity index (χ2n) is 3.99. The molecule has 1 aromatic rings. The topological polar surface area (TPSA) is 16.1 Å². The number of anilines is 1. The van der Waals surface area contributed by atoms with E-state index < -0.39 is 0 Å². The molecular formula is C11H15BrN2. The van der Waals surface area contributed by atoms with Crippen molar-refractivity contribution in [2.45, 2.75) is 32.2 Å². The van der Waals surface area contributed by atoms with Gasteiger partial charge in [-0.3, -0.25) is 0 Å². The number of aromatic nitrogens is 1. The standard InChI is InChI=1S/C11H15BrN2/c1-8-6-11(13-7-10(8)12)14(2)9-4-3-5-9/h6-7,9H,3-5H2,1-2H3. The van der Waals surface area contributed by atoms with E-state index in [1.165, 1.54) is 24.8 Å². The molecule has 1 fully saturated rings. The summed E-state index contributed by atoms with van der Waals surface area (Å²) in [7, 11) is 2.14. The fourth-order valence-electron chi connectivity index (χ4n) is 1.68. The van der Waals surface area contributed by atoms with Gasteiger partial charge in [0, 0.05) is 23.8 Å². The quantitative estimate of drug-likeness (QED) is 0.807. The summed E-state index contributed by atoms with van der Waals surface area (Å²) < 4.78 is 1.09. The molecule has 0 spiro atoms. The number of pyridine rings is 1. The first kappa shape index (κ1) is 9.97. The predicted octanol–water partition coefficient (Wildman–Crippen LogP) is 3.14. The highest BCUT2D eigenvalue weighted by molar-refractivity contribution is 9.10. The fourth-order valence-corrected chi connectivity index (χ4v) is 1.90. The highest BCUT2D eigenvalue weighted by Crippen LogP contribution is 2.28. The molecule has 0 radical (unpaired) electrons. The molecule has 2 rings (SSSR count). The van der Waals surface area contributed by atoms with Crippen LogP contribution in [-0.2, 0) is 0 Å². The Kier molecular flexibility index (Phi) is 2.77. The van der Waals surface area contributed by atoms with Crippen molar-refractivity contribution < 1.29 is 0 Å². The molecule has 0 N–H and O–H groups in total. The van der Waals surface area contributed by atoms with Gasteiger partial charge in [0.05, 0.1) is 0 Å². The molecule has 0 aliphatic heterocycles. The van der Waals surface area contributed by atoms with E-state index in [2.05, 4.69) is 45.9 Å². The van der Waals surface area contributed by atoms with Crippen LogP contribution < -0.4 is 4.90 Å². The highest BCUT2D eigenvalue weighted by Gasteiger charge is 2.22. The van der Waals surface area contributed by atoms with Crippen molar-refractivity contribution in [2.24, 2.45) is 0 Å². The fraction of sp³-hybridized carbons (Fsp3) is 0.545. The van der Waals surface area contributed by atoms with Crippen molar-refractivity contribution in [3.05, 3.63) is 22.3 Å². The molecule has 0 unspecified atom stereocenters. The van der Waals surface area contributed by atoms with Crippen LogP contribution in [0.25, 0.3) is 0 Å². The number of hydrogen-bond acceptors (Lipinski definition) is 2. The number of halogens is 1. The van der Waals surface area contributed by atoms with Gasteiger partial charge in [-0.05, 0) is 53.7 Å². The van der Waals surface area contributed by atoms with Gasteiger partial charge in [-0.2, -0.15) is 0 Å². The first-order valence-corrected chi connectivity index (χ1v) is 5.83. The molecule has 1 heterocycles. The second kappa shape index (κ2) is 3.89.